The minimum absolute atomic E-state index is 0.995. The Morgan fingerprint density at radius 3 is 2.30 bits per heavy atom. The number of anilines is 2. The minimum atomic E-state index is 0.995. The smallest absolute Gasteiger partial charge is 0.186 e. The van der Waals surface area contributed by atoms with Crippen LogP contribution in [0.5, 0.6) is 0 Å². The van der Waals surface area contributed by atoms with E-state index in [-0.39, 0.29) is 0 Å². The molecule has 3 heterocycles. The van der Waals surface area contributed by atoms with Gasteiger partial charge >= 0.3 is 0 Å². The van der Waals surface area contributed by atoms with E-state index in [1.165, 1.54) is 20.5 Å². The van der Waals surface area contributed by atoms with Gasteiger partial charge in [-0.1, -0.05) is 47.8 Å². The van der Waals surface area contributed by atoms with Crippen LogP contribution in [-0.4, -0.2) is 36.1 Å². The second-order valence-electron chi connectivity index (χ2n) is 7.04. The highest BCUT2D eigenvalue weighted by molar-refractivity contribution is 7.22. The Hall–Kier alpha value is -2.18. The van der Waals surface area contributed by atoms with Crippen molar-refractivity contribution in [1.29, 1.82) is 0 Å². The van der Waals surface area contributed by atoms with Crippen molar-refractivity contribution in [2.45, 2.75) is 20.3 Å². The van der Waals surface area contributed by atoms with Crippen LogP contribution in [0.2, 0.25) is 0 Å². The predicted octanol–water partition coefficient (Wildman–Crippen LogP) is 5.10. The van der Waals surface area contributed by atoms with Crippen molar-refractivity contribution in [3.63, 3.8) is 0 Å². The van der Waals surface area contributed by atoms with Crippen molar-refractivity contribution in [2.75, 3.05) is 36.0 Å². The van der Waals surface area contributed by atoms with Crippen molar-refractivity contribution in [1.82, 2.24) is 9.97 Å². The topological polar surface area (TPSA) is 32.3 Å². The molecule has 1 saturated heterocycles. The van der Waals surface area contributed by atoms with Crippen LogP contribution in [0.3, 0.4) is 0 Å². The molecule has 1 aliphatic rings. The standard InChI is InChI=1S/C21H22N4S2/c1-3-15-7-8-16-18(13-15)27-20(22-16)24-9-11-25(12-10-24)21-23-19-14(2)5-4-6-17(19)26-21/h4-8,13H,3,9-12H2,1-2H3. The van der Waals surface area contributed by atoms with Gasteiger partial charge in [-0.25, -0.2) is 9.97 Å². The van der Waals surface area contributed by atoms with Crippen LogP contribution in [-0.2, 0) is 6.42 Å². The molecular weight excluding hydrogens is 372 g/mol. The lowest BCUT2D eigenvalue weighted by Gasteiger charge is -2.34. The zero-order valence-electron chi connectivity index (χ0n) is 15.6. The first-order chi connectivity index (χ1) is 13.2. The number of aromatic nitrogens is 2. The second kappa shape index (κ2) is 6.77. The number of aryl methyl sites for hydroxylation is 2. The van der Waals surface area contributed by atoms with Gasteiger partial charge in [0.15, 0.2) is 10.3 Å². The van der Waals surface area contributed by atoms with Gasteiger partial charge in [-0.3, -0.25) is 0 Å². The molecule has 138 valence electrons. The molecule has 0 saturated carbocycles. The summed E-state index contributed by atoms with van der Waals surface area (Å²) in [5.74, 6) is 0. The summed E-state index contributed by atoms with van der Waals surface area (Å²) in [6.07, 6.45) is 1.07. The molecule has 4 aromatic rings. The molecule has 0 unspecified atom stereocenters. The van der Waals surface area contributed by atoms with Crippen LogP contribution in [0.4, 0.5) is 10.3 Å². The molecule has 0 aliphatic carbocycles. The highest BCUT2D eigenvalue weighted by Gasteiger charge is 2.22. The third-order valence-corrected chi connectivity index (χ3v) is 7.44. The van der Waals surface area contributed by atoms with Crippen LogP contribution in [0.1, 0.15) is 18.1 Å². The average molecular weight is 395 g/mol. The summed E-state index contributed by atoms with van der Waals surface area (Å²) in [6.45, 7) is 8.32. The van der Waals surface area contributed by atoms with Gasteiger partial charge in [0.1, 0.15) is 0 Å². The Morgan fingerprint density at radius 1 is 0.889 bits per heavy atom. The zero-order valence-corrected chi connectivity index (χ0v) is 17.2. The lowest BCUT2D eigenvalue weighted by Crippen LogP contribution is -2.46. The number of piperazine rings is 1. The number of rotatable bonds is 3. The number of thiazole rings is 2. The highest BCUT2D eigenvalue weighted by atomic mass is 32.1. The van der Waals surface area contributed by atoms with Gasteiger partial charge in [0, 0.05) is 26.2 Å². The number of benzene rings is 2. The molecule has 0 N–H and O–H groups in total. The van der Waals surface area contributed by atoms with E-state index in [9.17, 15) is 0 Å². The molecule has 1 aliphatic heterocycles. The largest absolute Gasteiger partial charge is 0.345 e. The van der Waals surface area contributed by atoms with E-state index in [1.807, 2.05) is 11.3 Å². The molecule has 27 heavy (non-hydrogen) atoms. The Balaban J connectivity index is 1.34. The van der Waals surface area contributed by atoms with Crippen molar-refractivity contribution >= 4 is 53.4 Å². The van der Waals surface area contributed by atoms with Crippen LogP contribution < -0.4 is 9.80 Å². The maximum atomic E-state index is 4.90. The number of hydrogen-bond donors (Lipinski definition) is 0. The first kappa shape index (κ1) is 17.0. The summed E-state index contributed by atoms with van der Waals surface area (Å²) in [5.41, 5.74) is 4.91. The highest BCUT2D eigenvalue weighted by Crippen LogP contribution is 2.33. The predicted molar refractivity (Wildman–Crippen MR) is 118 cm³/mol. The summed E-state index contributed by atoms with van der Waals surface area (Å²) in [6, 6.07) is 13.1. The lowest BCUT2D eigenvalue weighted by atomic mass is 10.2. The van der Waals surface area contributed by atoms with E-state index in [2.05, 4.69) is 60.0 Å². The zero-order chi connectivity index (χ0) is 18.4. The first-order valence-electron chi connectivity index (χ1n) is 9.47. The Morgan fingerprint density at radius 2 is 1.59 bits per heavy atom. The number of para-hydroxylation sites is 1. The van der Waals surface area contributed by atoms with Crippen LogP contribution in [0.25, 0.3) is 20.4 Å². The Kier molecular flexibility index (Phi) is 4.25. The van der Waals surface area contributed by atoms with E-state index >= 15 is 0 Å². The van der Waals surface area contributed by atoms with Crippen LogP contribution >= 0.6 is 22.7 Å². The number of hydrogen-bond acceptors (Lipinski definition) is 6. The molecule has 4 nitrogen and oxygen atoms in total. The average Bonchev–Trinajstić information content (AvgIpc) is 3.32. The van der Waals surface area contributed by atoms with Gasteiger partial charge in [-0.15, -0.1) is 0 Å². The monoisotopic (exact) mass is 394 g/mol. The minimum Gasteiger partial charge on any atom is -0.345 e. The molecule has 0 amide bonds. The molecule has 2 aromatic carbocycles. The van der Waals surface area contributed by atoms with Crippen molar-refractivity contribution in [2.24, 2.45) is 0 Å². The maximum Gasteiger partial charge on any atom is 0.186 e. The molecule has 0 radical (unpaired) electrons. The van der Waals surface area contributed by atoms with Crippen molar-refractivity contribution < 1.29 is 0 Å². The van der Waals surface area contributed by atoms with Gasteiger partial charge in [0.05, 0.1) is 20.4 Å². The van der Waals surface area contributed by atoms with Gasteiger partial charge in [0.25, 0.3) is 0 Å². The first-order valence-corrected chi connectivity index (χ1v) is 11.1. The number of fused-ring (bicyclic) bond motifs is 2. The second-order valence-corrected chi connectivity index (χ2v) is 9.06. The van der Waals surface area contributed by atoms with Gasteiger partial charge in [0.2, 0.25) is 0 Å². The van der Waals surface area contributed by atoms with Crippen LogP contribution in [0.15, 0.2) is 36.4 Å². The Bertz CT molecular complexity index is 1110. The number of nitrogens with zero attached hydrogens (tertiary/aromatic N) is 4. The fourth-order valence-electron chi connectivity index (χ4n) is 3.61. The molecule has 1 fully saturated rings. The third kappa shape index (κ3) is 3.07. The summed E-state index contributed by atoms with van der Waals surface area (Å²) in [4.78, 5) is 14.6. The summed E-state index contributed by atoms with van der Waals surface area (Å²) < 4.78 is 2.58. The van der Waals surface area contributed by atoms with Gasteiger partial charge in [-0.05, 0) is 42.7 Å². The molecule has 0 bridgehead atoms. The Labute approximate surface area is 167 Å². The van der Waals surface area contributed by atoms with E-state index in [0.29, 0.717) is 0 Å². The molecule has 6 heteroatoms. The molecule has 0 spiro atoms. The van der Waals surface area contributed by atoms with Crippen molar-refractivity contribution in [3.8, 4) is 0 Å². The van der Waals surface area contributed by atoms with Gasteiger partial charge in [-0.2, -0.15) is 0 Å². The SMILES string of the molecule is CCc1ccc2nc(N3CCN(c4nc5c(C)cccc5s4)CC3)sc2c1. The summed E-state index contributed by atoms with van der Waals surface area (Å²) in [5, 5.41) is 2.30. The fourth-order valence-corrected chi connectivity index (χ4v) is 5.79. The molecule has 2 aromatic heterocycles. The molecule has 0 atom stereocenters. The summed E-state index contributed by atoms with van der Waals surface area (Å²) >= 11 is 3.63. The van der Waals surface area contributed by atoms with Crippen LogP contribution in [0, 0.1) is 6.92 Å². The van der Waals surface area contributed by atoms with Crippen molar-refractivity contribution in [3.05, 3.63) is 47.5 Å². The molecule has 5 rings (SSSR count). The summed E-state index contributed by atoms with van der Waals surface area (Å²) in [7, 11) is 0. The normalized spacial score (nSPS) is 15.2. The quantitative estimate of drug-likeness (QED) is 0.484. The lowest BCUT2D eigenvalue weighted by molar-refractivity contribution is 0.651. The maximum absolute atomic E-state index is 4.90. The fraction of sp³-hybridized carbons (Fsp3) is 0.333. The third-order valence-electron chi connectivity index (χ3n) is 5.28. The van der Waals surface area contributed by atoms with E-state index in [4.69, 9.17) is 9.97 Å². The van der Waals surface area contributed by atoms with Gasteiger partial charge < -0.3 is 9.80 Å². The van der Waals surface area contributed by atoms with E-state index in [1.54, 1.807) is 11.3 Å². The van der Waals surface area contributed by atoms with E-state index < -0.39 is 0 Å². The molecular formula is C21H22N4S2. The van der Waals surface area contributed by atoms with E-state index in [0.717, 1.165) is 53.9 Å².